The van der Waals surface area contributed by atoms with Gasteiger partial charge in [-0.15, -0.1) is 0 Å². The highest BCUT2D eigenvalue weighted by Crippen LogP contribution is 2.26. The Bertz CT molecular complexity index is 398. The van der Waals surface area contributed by atoms with Gasteiger partial charge in [0, 0.05) is 32.7 Å². The Kier molecular flexibility index (Phi) is 4.64. The Morgan fingerprint density at radius 1 is 0.947 bits per heavy atom. The van der Waals surface area contributed by atoms with Crippen LogP contribution in [0.2, 0.25) is 0 Å². The second-order valence-corrected chi connectivity index (χ2v) is 6.62. The maximum absolute atomic E-state index is 2.59. The van der Waals surface area contributed by atoms with E-state index in [9.17, 15) is 0 Å². The van der Waals surface area contributed by atoms with Gasteiger partial charge >= 0.3 is 0 Å². The molecule has 1 aromatic carbocycles. The van der Waals surface area contributed by atoms with Crippen LogP contribution >= 0.6 is 0 Å². The lowest BCUT2D eigenvalue weighted by atomic mass is 9.83. The van der Waals surface area contributed by atoms with Crippen LogP contribution in [-0.2, 0) is 12.0 Å². The molecule has 1 aliphatic rings. The molecule has 2 nitrogen and oxygen atoms in total. The van der Waals surface area contributed by atoms with E-state index in [2.05, 4.69) is 61.8 Å². The maximum Gasteiger partial charge on any atom is 0.0237 e. The van der Waals surface area contributed by atoms with E-state index in [0.29, 0.717) is 0 Å². The average molecular weight is 260 g/mol. The lowest BCUT2D eigenvalue weighted by molar-refractivity contribution is 0.131. The first-order chi connectivity index (χ1) is 9.00. The van der Waals surface area contributed by atoms with E-state index in [1.165, 1.54) is 43.9 Å². The molecule has 2 rings (SSSR count). The van der Waals surface area contributed by atoms with E-state index in [0.717, 1.165) is 6.54 Å². The topological polar surface area (TPSA) is 6.48 Å². The SMILES string of the molecule is CCN1CCN(Cc2ccccc2C(C)(C)C)CC1. The van der Waals surface area contributed by atoms with E-state index in [-0.39, 0.29) is 5.41 Å². The number of nitrogens with zero attached hydrogens (tertiary/aromatic N) is 2. The number of likely N-dealkylation sites (N-methyl/N-ethyl adjacent to an activating group) is 1. The largest absolute Gasteiger partial charge is 0.301 e. The summed E-state index contributed by atoms with van der Waals surface area (Å²) in [4.78, 5) is 5.13. The summed E-state index contributed by atoms with van der Waals surface area (Å²) in [5.41, 5.74) is 3.23. The van der Waals surface area contributed by atoms with Crippen molar-refractivity contribution in [2.45, 2.75) is 39.7 Å². The standard InChI is InChI=1S/C17H28N2/c1-5-18-10-12-19(13-11-18)14-15-8-6-7-9-16(15)17(2,3)4/h6-9H,5,10-14H2,1-4H3. The summed E-state index contributed by atoms with van der Waals surface area (Å²) >= 11 is 0. The quantitative estimate of drug-likeness (QED) is 0.824. The molecule has 0 N–H and O–H groups in total. The third-order valence-corrected chi connectivity index (χ3v) is 4.13. The van der Waals surface area contributed by atoms with Crippen LogP contribution in [-0.4, -0.2) is 42.5 Å². The third-order valence-electron chi connectivity index (χ3n) is 4.13. The zero-order valence-corrected chi connectivity index (χ0v) is 12.9. The minimum absolute atomic E-state index is 0.238. The van der Waals surface area contributed by atoms with E-state index in [4.69, 9.17) is 0 Å². The highest BCUT2D eigenvalue weighted by Gasteiger charge is 2.20. The van der Waals surface area contributed by atoms with Crippen LogP contribution in [0.25, 0.3) is 0 Å². The van der Waals surface area contributed by atoms with Gasteiger partial charge < -0.3 is 4.90 Å². The smallest absolute Gasteiger partial charge is 0.0237 e. The summed E-state index contributed by atoms with van der Waals surface area (Å²) in [6.45, 7) is 16.3. The predicted octanol–water partition coefficient (Wildman–Crippen LogP) is 3.12. The Hall–Kier alpha value is -0.860. The van der Waals surface area contributed by atoms with Crippen molar-refractivity contribution in [2.75, 3.05) is 32.7 Å². The molecule has 0 aromatic heterocycles. The Morgan fingerprint density at radius 3 is 2.11 bits per heavy atom. The van der Waals surface area contributed by atoms with Crippen molar-refractivity contribution in [3.05, 3.63) is 35.4 Å². The Labute approximate surface area is 118 Å². The second-order valence-electron chi connectivity index (χ2n) is 6.62. The molecule has 0 unspecified atom stereocenters. The highest BCUT2D eigenvalue weighted by atomic mass is 15.3. The lowest BCUT2D eigenvalue weighted by Crippen LogP contribution is -2.45. The fraction of sp³-hybridized carbons (Fsp3) is 0.647. The maximum atomic E-state index is 2.59. The number of piperazine rings is 1. The van der Waals surface area contributed by atoms with Crippen molar-refractivity contribution in [3.63, 3.8) is 0 Å². The second kappa shape index (κ2) is 6.06. The summed E-state index contributed by atoms with van der Waals surface area (Å²) < 4.78 is 0. The summed E-state index contributed by atoms with van der Waals surface area (Å²) in [5.74, 6) is 0. The van der Waals surface area contributed by atoms with Crippen LogP contribution < -0.4 is 0 Å². The van der Waals surface area contributed by atoms with Crippen LogP contribution in [0.1, 0.15) is 38.8 Å². The first kappa shape index (κ1) is 14.5. The van der Waals surface area contributed by atoms with Crippen LogP contribution in [0.3, 0.4) is 0 Å². The van der Waals surface area contributed by atoms with E-state index < -0.39 is 0 Å². The van der Waals surface area contributed by atoms with Gasteiger partial charge in [0.25, 0.3) is 0 Å². The zero-order chi connectivity index (χ0) is 13.9. The zero-order valence-electron chi connectivity index (χ0n) is 12.9. The molecule has 0 amide bonds. The van der Waals surface area contributed by atoms with Gasteiger partial charge in [0.1, 0.15) is 0 Å². The van der Waals surface area contributed by atoms with Crippen molar-refractivity contribution >= 4 is 0 Å². The molecule has 1 saturated heterocycles. The van der Waals surface area contributed by atoms with Gasteiger partial charge in [0.2, 0.25) is 0 Å². The molecule has 1 aliphatic heterocycles. The molecule has 106 valence electrons. The number of hydrogen-bond donors (Lipinski definition) is 0. The van der Waals surface area contributed by atoms with Crippen LogP contribution in [0.5, 0.6) is 0 Å². The summed E-state index contributed by atoms with van der Waals surface area (Å²) in [6.07, 6.45) is 0. The average Bonchev–Trinajstić information content (AvgIpc) is 2.39. The molecule has 0 aliphatic carbocycles. The van der Waals surface area contributed by atoms with Gasteiger partial charge in [-0.3, -0.25) is 4.90 Å². The Morgan fingerprint density at radius 2 is 1.53 bits per heavy atom. The van der Waals surface area contributed by atoms with Gasteiger partial charge in [0.05, 0.1) is 0 Å². The lowest BCUT2D eigenvalue weighted by Gasteiger charge is -2.35. The van der Waals surface area contributed by atoms with Crippen molar-refractivity contribution < 1.29 is 0 Å². The molecule has 0 atom stereocenters. The van der Waals surface area contributed by atoms with Gasteiger partial charge in [-0.2, -0.15) is 0 Å². The molecule has 0 saturated carbocycles. The molecular weight excluding hydrogens is 232 g/mol. The minimum Gasteiger partial charge on any atom is -0.301 e. The van der Waals surface area contributed by atoms with E-state index in [1.54, 1.807) is 0 Å². The summed E-state index contributed by atoms with van der Waals surface area (Å²) in [7, 11) is 0. The first-order valence-electron chi connectivity index (χ1n) is 7.54. The number of benzene rings is 1. The van der Waals surface area contributed by atoms with E-state index >= 15 is 0 Å². The van der Waals surface area contributed by atoms with Gasteiger partial charge in [-0.1, -0.05) is 52.0 Å². The molecule has 19 heavy (non-hydrogen) atoms. The number of rotatable bonds is 3. The van der Waals surface area contributed by atoms with Crippen molar-refractivity contribution in [3.8, 4) is 0 Å². The van der Waals surface area contributed by atoms with Crippen molar-refractivity contribution in [1.82, 2.24) is 9.80 Å². The minimum atomic E-state index is 0.238. The van der Waals surface area contributed by atoms with E-state index in [1.807, 2.05) is 0 Å². The molecular formula is C17H28N2. The third kappa shape index (κ3) is 3.80. The number of hydrogen-bond acceptors (Lipinski definition) is 2. The van der Waals surface area contributed by atoms with Gasteiger partial charge in [-0.25, -0.2) is 0 Å². The molecule has 1 aromatic rings. The summed E-state index contributed by atoms with van der Waals surface area (Å²) in [6, 6.07) is 8.93. The summed E-state index contributed by atoms with van der Waals surface area (Å²) in [5, 5.41) is 0. The molecule has 0 radical (unpaired) electrons. The van der Waals surface area contributed by atoms with Crippen LogP contribution in [0.4, 0.5) is 0 Å². The molecule has 1 fully saturated rings. The van der Waals surface area contributed by atoms with Gasteiger partial charge in [-0.05, 0) is 23.1 Å². The van der Waals surface area contributed by atoms with Crippen LogP contribution in [0, 0.1) is 0 Å². The first-order valence-corrected chi connectivity index (χ1v) is 7.54. The monoisotopic (exact) mass is 260 g/mol. The van der Waals surface area contributed by atoms with Gasteiger partial charge in [0.15, 0.2) is 0 Å². The Balaban J connectivity index is 2.04. The normalized spacial score (nSPS) is 18.7. The molecule has 0 spiro atoms. The highest BCUT2D eigenvalue weighted by molar-refractivity contribution is 5.32. The molecule has 2 heteroatoms. The fourth-order valence-electron chi connectivity index (χ4n) is 2.89. The van der Waals surface area contributed by atoms with Crippen molar-refractivity contribution in [1.29, 1.82) is 0 Å². The molecule has 0 bridgehead atoms. The van der Waals surface area contributed by atoms with Crippen molar-refractivity contribution in [2.24, 2.45) is 0 Å². The molecule has 1 heterocycles. The predicted molar refractivity (Wildman–Crippen MR) is 82.5 cm³/mol. The van der Waals surface area contributed by atoms with Crippen LogP contribution in [0.15, 0.2) is 24.3 Å². The fourth-order valence-corrected chi connectivity index (χ4v) is 2.89.